The number of carbonyl (C=O) groups is 2. The molecule has 0 saturated heterocycles. The summed E-state index contributed by atoms with van der Waals surface area (Å²) in [6, 6.07) is 15.5. The Morgan fingerprint density at radius 3 is 2.60 bits per heavy atom. The summed E-state index contributed by atoms with van der Waals surface area (Å²) in [6.07, 6.45) is 2.67. The molecule has 1 aliphatic rings. The second-order valence-corrected chi connectivity index (χ2v) is 6.24. The van der Waals surface area contributed by atoms with Gasteiger partial charge in [0.2, 0.25) is 11.8 Å². The number of para-hydroxylation sites is 1. The van der Waals surface area contributed by atoms with Crippen LogP contribution in [-0.2, 0) is 22.4 Å². The van der Waals surface area contributed by atoms with Crippen LogP contribution in [0.1, 0.15) is 24.0 Å². The number of hydrogen-bond acceptors (Lipinski definition) is 3. The predicted molar refractivity (Wildman–Crippen MR) is 99.6 cm³/mol. The second-order valence-electron chi connectivity index (χ2n) is 6.24. The van der Waals surface area contributed by atoms with Crippen LogP contribution in [0, 0.1) is 0 Å². The van der Waals surface area contributed by atoms with E-state index in [0.717, 1.165) is 36.3 Å². The molecule has 0 saturated carbocycles. The summed E-state index contributed by atoms with van der Waals surface area (Å²) in [5.41, 5.74) is 9.29. The molecule has 0 aliphatic carbocycles. The quantitative estimate of drug-likeness (QED) is 0.880. The Bertz CT molecular complexity index is 756. The highest BCUT2D eigenvalue weighted by Gasteiger charge is 2.22. The molecule has 0 bridgehead atoms. The number of rotatable bonds is 5. The summed E-state index contributed by atoms with van der Waals surface area (Å²) < 4.78 is 0. The van der Waals surface area contributed by atoms with E-state index in [9.17, 15) is 9.59 Å². The van der Waals surface area contributed by atoms with Crippen LogP contribution in [0.3, 0.4) is 0 Å². The summed E-state index contributed by atoms with van der Waals surface area (Å²) >= 11 is 0. The van der Waals surface area contributed by atoms with Crippen LogP contribution >= 0.6 is 0 Å². The molecule has 3 rings (SSSR count). The van der Waals surface area contributed by atoms with Gasteiger partial charge in [0, 0.05) is 30.9 Å². The van der Waals surface area contributed by atoms with E-state index >= 15 is 0 Å². The molecule has 3 N–H and O–H groups in total. The van der Waals surface area contributed by atoms with Crippen LogP contribution in [0.15, 0.2) is 48.5 Å². The number of nitrogens with zero attached hydrogens (tertiary/aromatic N) is 1. The summed E-state index contributed by atoms with van der Waals surface area (Å²) in [6.45, 7) is 1.10. The van der Waals surface area contributed by atoms with Gasteiger partial charge in [0.15, 0.2) is 0 Å². The summed E-state index contributed by atoms with van der Waals surface area (Å²) in [5, 5.41) is 2.79. The Morgan fingerprint density at radius 1 is 1.08 bits per heavy atom. The maximum absolute atomic E-state index is 12.7. The van der Waals surface area contributed by atoms with Crippen molar-refractivity contribution in [1.82, 2.24) is 0 Å². The molecule has 25 heavy (non-hydrogen) atoms. The summed E-state index contributed by atoms with van der Waals surface area (Å²) in [7, 11) is 0. The van der Waals surface area contributed by atoms with E-state index in [1.165, 1.54) is 5.56 Å². The lowest BCUT2D eigenvalue weighted by Crippen LogP contribution is -2.36. The van der Waals surface area contributed by atoms with Gasteiger partial charge in [-0.05, 0) is 42.2 Å². The van der Waals surface area contributed by atoms with Crippen molar-refractivity contribution in [2.24, 2.45) is 5.73 Å². The standard InChI is InChI=1S/C20H23N3O2/c21-12-11-19(24)22-17-9-7-15(8-10-17)14-20(25)23-13-3-5-16-4-1-2-6-18(16)23/h1-2,4,6-10H,3,5,11-14,21H2,(H,22,24). The van der Waals surface area contributed by atoms with Gasteiger partial charge in [0.1, 0.15) is 0 Å². The molecule has 1 heterocycles. The van der Waals surface area contributed by atoms with Crippen molar-refractivity contribution in [2.45, 2.75) is 25.7 Å². The Balaban J connectivity index is 1.65. The lowest BCUT2D eigenvalue weighted by atomic mass is 10.0. The van der Waals surface area contributed by atoms with Gasteiger partial charge in [-0.1, -0.05) is 30.3 Å². The normalized spacial score (nSPS) is 13.2. The zero-order chi connectivity index (χ0) is 17.6. The minimum atomic E-state index is -0.101. The molecule has 130 valence electrons. The Hall–Kier alpha value is -2.66. The molecule has 0 spiro atoms. The van der Waals surface area contributed by atoms with Crippen LogP contribution in [0.25, 0.3) is 0 Å². The molecule has 5 heteroatoms. The van der Waals surface area contributed by atoms with Crippen LogP contribution in [-0.4, -0.2) is 24.9 Å². The maximum atomic E-state index is 12.7. The highest BCUT2D eigenvalue weighted by Crippen LogP contribution is 2.27. The van der Waals surface area contributed by atoms with Gasteiger partial charge in [-0.2, -0.15) is 0 Å². The first-order valence-electron chi connectivity index (χ1n) is 8.64. The van der Waals surface area contributed by atoms with E-state index < -0.39 is 0 Å². The molecule has 0 unspecified atom stereocenters. The molecule has 2 aromatic rings. The summed E-state index contributed by atoms with van der Waals surface area (Å²) in [4.78, 5) is 26.2. The minimum Gasteiger partial charge on any atom is -0.330 e. The van der Waals surface area contributed by atoms with Gasteiger partial charge in [0.25, 0.3) is 0 Å². The number of aryl methyl sites for hydroxylation is 1. The van der Waals surface area contributed by atoms with E-state index in [1.807, 2.05) is 47.4 Å². The first-order chi connectivity index (χ1) is 12.2. The average Bonchev–Trinajstić information content (AvgIpc) is 2.63. The first kappa shape index (κ1) is 17.2. The molecule has 0 aromatic heterocycles. The molecule has 0 radical (unpaired) electrons. The Kier molecular flexibility index (Phi) is 5.46. The Morgan fingerprint density at radius 2 is 1.84 bits per heavy atom. The average molecular weight is 337 g/mol. The largest absolute Gasteiger partial charge is 0.330 e. The molecular formula is C20H23N3O2. The zero-order valence-corrected chi connectivity index (χ0v) is 14.2. The molecule has 0 atom stereocenters. The summed E-state index contributed by atoms with van der Waals surface area (Å²) in [5.74, 6) is 0.00307. The third-order valence-corrected chi connectivity index (χ3v) is 4.38. The SMILES string of the molecule is NCCC(=O)Nc1ccc(CC(=O)N2CCCc3ccccc32)cc1. The smallest absolute Gasteiger partial charge is 0.231 e. The number of anilines is 2. The van der Waals surface area contributed by atoms with E-state index in [4.69, 9.17) is 5.73 Å². The zero-order valence-electron chi connectivity index (χ0n) is 14.2. The third-order valence-electron chi connectivity index (χ3n) is 4.38. The third kappa shape index (κ3) is 4.25. The van der Waals surface area contributed by atoms with Crippen LogP contribution in [0.4, 0.5) is 11.4 Å². The number of hydrogen-bond donors (Lipinski definition) is 2. The number of benzene rings is 2. The highest BCUT2D eigenvalue weighted by atomic mass is 16.2. The lowest BCUT2D eigenvalue weighted by Gasteiger charge is -2.29. The van der Waals surface area contributed by atoms with Crippen molar-refractivity contribution in [3.63, 3.8) is 0 Å². The Labute approximate surface area is 147 Å². The van der Waals surface area contributed by atoms with E-state index in [-0.39, 0.29) is 11.8 Å². The van der Waals surface area contributed by atoms with Gasteiger partial charge in [-0.15, -0.1) is 0 Å². The molecule has 2 aromatic carbocycles. The van der Waals surface area contributed by atoms with E-state index in [2.05, 4.69) is 11.4 Å². The molecule has 1 aliphatic heterocycles. The van der Waals surface area contributed by atoms with Gasteiger partial charge < -0.3 is 16.0 Å². The second kappa shape index (κ2) is 7.94. The van der Waals surface area contributed by atoms with E-state index in [1.54, 1.807) is 0 Å². The van der Waals surface area contributed by atoms with E-state index in [0.29, 0.717) is 19.4 Å². The number of fused-ring (bicyclic) bond motifs is 1. The van der Waals surface area contributed by atoms with Gasteiger partial charge in [-0.25, -0.2) is 0 Å². The van der Waals surface area contributed by atoms with Crippen molar-refractivity contribution in [1.29, 1.82) is 0 Å². The number of amides is 2. The molecular weight excluding hydrogens is 314 g/mol. The molecule has 2 amide bonds. The number of nitrogens with two attached hydrogens (primary N) is 1. The van der Waals surface area contributed by atoms with Crippen LogP contribution in [0.5, 0.6) is 0 Å². The van der Waals surface area contributed by atoms with Crippen LogP contribution < -0.4 is 16.0 Å². The first-order valence-corrected chi connectivity index (χ1v) is 8.64. The fourth-order valence-corrected chi connectivity index (χ4v) is 3.12. The lowest BCUT2D eigenvalue weighted by molar-refractivity contribution is -0.118. The van der Waals surface area contributed by atoms with Crippen molar-refractivity contribution in [3.8, 4) is 0 Å². The van der Waals surface area contributed by atoms with Gasteiger partial charge >= 0.3 is 0 Å². The molecule has 5 nitrogen and oxygen atoms in total. The molecule has 0 fully saturated rings. The maximum Gasteiger partial charge on any atom is 0.231 e. The minimum absolute atomic E-state index is 0.101. The monoisotopic (exact) mass is 337 g/mol. The van der Waals surface area contributed by atoms with Crippen molar-refractivity contribution < 1.29 is 9.59 Å². The highest BCUT2D eigenvalue weighted by molar-refractivity contribution is 5.96. The van der Waals surface area contributed by atoms with Crippen molar-refractivity contribution >= 4 is 23.2 Å². The van der Waals surface area contributed by atoms with Crippen molar-refractivity contribution in [3.05, 3.63) is 59.7 Å². The van der Waals surface area contributed by atoms with Gasteiger partial charge in [0.05, 0.1) is 6.42 Å². The van der Waals surface area contributed by atoms with Gasteiger partial charge in [-0.3, -0.25) is 9.59 Å². The van der Waals surface area contributed by atoms with Crippen LogP contribution in [0.2, 0.25) is 0 Å². The van der Waals surface area contributed by atoms with Crippen molar-refractivity contribution in [2.75, 3.05) is 23.3 Å². The number of nitrogens with one attached hydrogen (secondary N) is 1. The number of carbonyl (C=O) groups excluding carboxylic acids is 2. The topological polar surface area (TPSA) is 75.4 Å². The fourth-order valence-electron chi connectivity index (χ4n) is 3.12. The predicted octanol–water partition coefficient (Wildman–Crippen LogP) is 2.50. The fraction of sp³-hybridized carbons (Fsp3) is 0.300.